The van der Waals surface area contributed by atoms with E-state index in [0.717, 1.165) is 5.69 Å². The molecule has 0 saturated carbocycles. The first kappa shape index (κ1) is 27.3. The Labute approximate surface area is 205 Å². The maximum Gasteiger partial charge on any atom is 0.443 e. The Bertz CT molecular complexity index is 1070. The Morgan fingerprint density at radius 2 is 1.66 bits per heavy atom. The number of hydrogen-bond donors (Lipinski definition) is 1. The van der Waals surface area contributed by atoms with Gasteiger partial charge >= 0.3 is 12.0 Å². The van der Waals surface area contributed by atoms with E-state index in [0.29, 0.717) is 5.75 Å². The fourth-order valence-electron chi connectivity index (χ4n) is 3.11. The molecule has 2 aromatic rings. The summed E-state index contributed by atoms with van der Waals surface area (Å²) < 4.78 is 10.2. The van der Waals surface area contributed by atoms with Crippen molar-refractivity contribution in [3.63, 3.8) is 0 Å². The van der Waals surface area contributed by atoms with Gasteiger partial charge in [-0.15, -0.1) is 0 Å². The van der Waals surface area contributed by atoms with Crippen LogP contribution in [0.5, 0.6) is 5.75 Å². The topological polar surface area (TPSA) is 130 Å². The minimum Gasteiger partial charge on any atom is -0.484 e. The van der Waals surface area contributed by atoms with Gasteiger partial charge < -0.3 is 20.1 Å². The second kappa shape index (κ2) is 11.5. The summed E-state index contributed by atoms with van der Waals surface area (Å²) in [5.74, 6) is -1.37. The number of benzene rings is 2. The first-order valence-electron chi connectivity index (χ1n) is 10.9. The van der Waals surface area contributed by atoms with E-state index in [4.69, 9.17) is 15.2 Å². The Morgan fingerprint density at radius 1 is 1.00 bits per heavy atom. The number of esters is 1. The molecule has 187 valence electrons. The molecule has 0 saturated heterocycles. The summed E-state index contributed by atoms with van der Waals surface area (Å²) in [5, 5.41) is 4.05. The standard InChI is InChI=1S/C25H31N4O6/c1-25(2,3)35-23(32)16-29(5,15-21(26)30)24(33)27-18-10-9-13-20(14-18)34-17-22(31)28(4)19-11-7-6-8-12-19/h6-14H,15-17H2,1-5H3,(H-,26,30)/p+1. The molecule has 0 fully saturated rings. The summed E-state index contributed by atoms with van der Waals surface area (Å²) in [5.41, 5.74) is 5.52. The number of amides is 4. The Balaban J connectivity index is 2.07. The molecule has 0 aliphatic rings. The zero-order chi connectivity index (χ0) is 26.2. The van der Waals surface area contributed by atoms with Gasteiger partial charge in [-0.25, -0.2) is 14.1 Å². The number of anilines is 1. The molecule has 0 spiro atoms. The summed E-state index contributed by atoms with van der Waals surface area (Å²) in [4.78, 5) is 50.8. The van der Waals surface area contributed by atoms with E-state index in [1.807, 2.05) is 30.3 Å². The van der Waals surface area contributed by atoms with Crippen molar-refractivity contribution in [1.29, 1.82) is 0 Å². The number of likely N-dealkylation sites (N-methyl/N-ethyl adjacent to an activating group) is 2. The molecular weight excluding hydrogens is 452 g/mol. The molecule has 35 heavy (non-hydrogen) atoms. The summed E-state index contributed by atoms with van der Waals surface area (Å²) >= 11 is 0. The summed E-state index contributed by atoms with van der Waals surface area (Å²) in [6.07, 6.45) is 0. The van der Waals surface area contributed by atoms with E-state index in [1.165, 1.54) is 18.0 Å². The van der Waals surface area contributed by atoms with Crippen LogP contribution < -0.4 is 20.7 Å². The highest BCUT2D eigenvalue weighted by atomic mass is 16.6. The third-order valence-corrected chi connectivity index (χ3v) is 4.79. The lowest BCUT2D eigenvalue weighted by Crippen LogP contribution is -2.58. The van der Waals surface area contributed by atoms with Crippen LogP contribution in [0, 0.1) is 0 Å². The molecule has 0 aliphatic carbocycles. The minimum atomic E-state index is -0.766. The van der Waals surface area contributed by atoms with Crippen LogP contribution in [0.2, 0.25) is 0 Å². The predicted octanol–water partition coefficient (Wildman–Crippen LogP) is 2.36. The number of carbonyl (C=O) groups excluding carboxylic acids is 4. The molecule has 4 amide bonds. The number of para-hydroxylation sites is 1. The number of urea groups is 1. The molecule has 0 bridgehead atoms. The maximum absolute atomic E-state index is 13.0. The largest absolute Gasteiger partial charge is 0.484 e. The van der Waals surface area contributed by atoms with Gasteiger partial charge in [0.25, 0.3) is 11.8 Å². The van der Waals surface area contributed by atoms with Gasteiger partial charge in [0, 0.05) is 18.8 Å². The van der Waals surface area contributed by atoms with Crippen LogP contribution in [-0.2, 0) is 19.1 Å². The van der Waals surface area contributed by atoms with Crippen LogP contribution in [0.15, 0.2) is 54.6 Å². The average molecular weight is 485 g/mol. The fraction of sp³-hybridized carbons (Fsp3) is 0.360. The number of hydrogen-bond acceptors (Lipinski definition) is 6. The molecular formula is C25H32N4O6+. The van der Waals surface area contributed by atoms with E-state index in [9.17, 15) is 19.2 Å². The molecule has 0 aliphatic heterocycles. The molecule has 2 N–H and O–H groups in total. The molecule has 2 aromatic carbocycles. The third-order valence-electron chi connectivity index (χ3n) is 4.79. The second-order valence-electron chi connectivity index (χ2n) is 9.23. The Morgan fingerprint density at radius 3 is 2.26 bits per heavy atom. The van der Waals surface area contributed by atoms with E-state index < -0.39 is 41.1 Å². The van der Waals surface area contributed by atoms with Crippen molar-refractivity contribution < 1.29 is 33.1 Å². The molecule has 0 aromatic heterocycles. The van der Waals surface area contributed by atoms with E-state index >= 15 is 0 Å². The van der Waals surface area contributed by atoms with Gasteiger partial charge in [0.05, 0.1) is 12.7 Å². The highest BCUT2D eigenvalue weighted by Gasteiger charge is 2.39. The minimum absolute atomic E-state index is 0.225. The zero-order valence-corrected chi connectivity index (χ0v) is 20.7. The number of nitrogens with zero attached hydrogens (tertiary/aromatic N) is 3. The van der Waals surface area contributed by atoms with Crippen molar-refractivity contribution >= 4 is 35.2 Å². The van der Waals surface area contributed by atoms with Crippen molar-refractivity contribution in [3.05, 3.63) is 54.6 Å². The van der Waals surface area contributed by atoms with Gasteiger partial charge in [0.1, 0.15) is 11.4 Å². The van der Waals surface area contributed by atoms with Crippen molar-refractivity contribution in [2.45, 2.75) is 26.4 Å². The first-order chi connectivity index (χ1) is 16.3. The van der Waals surface area contributed by atoms with Gasteiger partial charge in [-0.2, -0.15) is 5.32 Å². The highest BCUT2D eigenvalue weighted by Crippen LogP contribution is 2.20. The molecule has 0 heterocycles. The lowest BCUT2D eigenvalue weighted by atomic mass is 10.2. The second-order valence-corrected chi connectivity index (χ2v) is 9.23. The number of carbonyl (C=O) groups is 4. The smallest absolute Gasteiger partial charge is 0.443 e. The Kier molecular flexibility index (Phi) is 8.96. The Hall–Kier alpha value is -3.92. The zero-order valence-electron chi connectivity index (χ0n) is 20.7. The van der Waals surface area contributed by atoms with Crippen LogP contribution in [-0.4, -0.2) is 67.7 Å². The number of nitrogens with two attached hydrogens (primary N) is 1. The third kappa shape index (κ3) is 8.74. The van der Waals surface area contributed by atoms with Gasteiger partial charge in [0.2, 0.25) is 0 Å². The molecule has 2 rings (SSSR count). The highest BCUT2D eigenvalue weighted by molar-refractivity contribution is 5.93. The SMILES string of the molecule is CN(C(=O)COc1cccc([N]C(=O)[N+](C)(CC(N)=O)CC(=O)OC(C)(C)C)c1)c1ccccc1. The lowest BCUT2D eigenvalue weighted by molar-refractivity contribution is -0.814. The first-order valence-corrected chi connectivity index (χ1v) is 10.9. The summed E-state index contributed by atoms with van der Waals surface area (Å²) in [7, 11) is 3.03. The molecule has 10 heteroatoms. The lowest BCUT2D eigenvalue weighted by Gasteiger charge is -2.29. The number of ether oxygens (including phenoxy) is 2. The maximum atomic E-state index is 13.0. The van der Waals surface area contributed by atoms with Gasteiger partial charge in [-0.05, 0) is 45.0 Å². The van der Waals surface area contributed by atoms with Crippen molar-refractivity contribution in [3.8, 4) is 5.75 Å². The van der Waals surface area contributed by atoms with Crippen molar-refractivity contribution in [2.24, 2.45) is 5.73 Å². The molecule has 1 radical (unpaired) electrons. The predicted molar refractivity (Wildman–Crippen MR) is 130 cm³/mol. The van der Waals surface area contributed by atoms with E-state index in [1.54, 1.807) is 46.0 Å². The molecule has 1 atom stereocenters. The van der Waals surface area contributed by atoms with Crippen LogP contribution >= 0.6 is 0 Å². The summed E-state index contributed by atoms with van der Waals surface area (Å²) in [6.45, 7) is 4.02. The normalized spacial score (nSPS) is 12.7. The molecule has 10 nitrogen and oxygen atoms in total. The van der Waals surface area contributed by atoms with Gasteiger partial charge in [-0.1, -0.05) is 24.3 Å². The number of quaternary nitrogens is 1. The van der Waals surface area contributed by atoms with Crippen molar-refractivity contribution in [2.75, 3.05) is 38.7 Å². The van der Waals surface area contributed by atoms with Crippen LogP contribution in [0.1, 0.15) is 20.8 Å². The van der Waals surface area contributed by atoms with Crippen LogP contribution in [0.4, 0.5) is 16.2 Å². The van der Waals surface area contributed by atoms with Gasteiger partial charge in [0.15, 0.2) is 19.7 Å². The van der Waals surface area contributed by atoms with E-state index in [-0.39, 0.29) is 18.2 Å². The van der Waals surface area contributed by atoms with E-state index in [2.05, 4.69) is 5.32 Å². The average Bonchev–Trinajstić information content (AvgIpc) is 2.75. The van der Waals surface area contributed by atoms with Crippen LogP contribution in [0.25, 0.3) is 0 Å². The monoisotopic (exact) mass is 484 g/mol. The van der Waals surface area contributed by atoms with Gasteiger partial charge in [-0.3, -0.25) is 9.59 Å². The van der Waals surface area contributed by atoms with Crippen molar-refractivity contribution in [1.82, 2.24) is 5.32 Å². The number of rotatable bonds is 9. The molecule has 1 unspecified atom stereocenters. The van der Waals surface area contributed by atoms with Crippen LogP contribution in [0.3, 0.4) is 0 Å². The number of primary amides is 1. The summed E-state index contributed by atoms with van der Waals surface area (Å²) in [6, 6.07) is 14.6. The quantitative estimate of drug-likeness (QED) is 0.430. The fourth-order valence-corrected chi connectivity index (χ4v) is 3.11.